The number of hydrogen-bond acceptors (Lipinski definition) is 4. The van der Waals surface area contributed by atoms with Crippen LogP contribution in [-0.2, 0) is 0 Å². The molecule has 0 fully saturated rings. The van der Waals surface area contributed by atoms with E-state index in [2.05, 4.69) is 55.1 Å². The SMILES string of the molecule is CC(CCN(C)C)Nc1cc(C(C)C)ncn1. The van der Waals surface area contributed by atoms with Gasteiger partial charge in [0.15, 0.2) is 0 Å². The third-order valence-electron chi connectivity index (χ3n) is 2.68. The highest BCUT2D eigenvalue weighted by Crippen LogP contribution is 2.14. The second-order valence-electron chi connectivity index (χ2n) is 5.12. The molecule has 1 aromatic heterocycles. The van der Waals surface area contributed by atoms with Crippen LogP contribution in [0.1, 0.15) is 38.8 Å². The maximum absolute atomic E-state index is 4.26. The number of aromatic nitrogens is 2. The number of anilines is 1. The molecule has 0 bridgehead atoms. The predicted molar refractivity (Wildman–Crippen MR) is 72.4 cm³/mol. The number of nitrogens with one attached hydrogen (secondary N) is 1. The molecule has 0 aliphatic carbocycles. The normalized spacial score (nSPS) is 13.1. The molecule has 0 amide bonds. The molecule has 1 aromatic rings. The molecule has 0 aliphatic rings. The average molecular weight is 236 g/mol. The first-order valence-corrected chi connectivity index (χ1v) is 6.22. The van der Waals surface area contributed by atoms with Crippen LogP contribution in [0.15, 0.2) is 12.4 Å². The van der Waals surface area contributed by atoms with Crippen molar-refractivity contribution in [2.24, 2.45) is 0 Å². The van der Waals surface area contributed by atoms with E-state index in [1.54, 1.807) is 6.33 Å². The molecule has 96 valence electrons. The van der Waals surface area contributed by atoms with Crippen molar-refractivity contribution in [2.75, 3.05) is 26.0 Å². The Labute approximate surface area is 104 Å². The average Bonchev–Trinajstić information content (AvgIpc) is 2.26. The molecule has 4 nitrogen and oxygen atoms in total. The predicted octanol–water partition coefficient (Wildman–Crippen LogP) is 2.35. The zero-order valence-corrected chi connectivity index (χ0v) is 11.6. The van der Waals surface area contributed by atoms with Crippen LogP contribution in [0, 0.1) is 0 Å². The molecule has 1 rings (SSSR count). The lowest BCUT2D eigenvalue weighted by Crippen LogP contribution is -2.23. The monoisotopic (exact) mass is 236 g/mol. The minimum absolute atomic E-state index is 0.423. The van der Waals surface area contributed by atoms with Gasteiger partial charge < -0.3 is 10.2 Å². The van der Waals surface area contributed by atoms with Crippen LogP contribution in [0.5, 0.6) is 0 Å². The van der Waals surface area contributed by atoms with Crippen molar-refractivity contribution in [1.29, 1.82) is 0 Å². The highest BCUT2D eigenvalue weighted by Gasteiger charge is 2.06. The Bertz CT molecular complexity index is 336. The van der Waals surface area contributed by atoms with E-state index in [0.717, 1.165) is 24.5 Å². The molecule has 1 N–H and O–H groups in total. The fourth-order valence-electron chi connectivity index (χ4n) is 1.54. The zero-order valence-electron chi connectivity index (χ0n) is 11.6. The van der Waals surface area contributed by atoms with Crippen LogP contribution in [0.25, 0.3) is 0 Å². The van der Waals surface area contributed by atoms with Gasteiger partial charge in [-0.15, -0.1) is 0 Å². The third kappa shape index (κ3) is 5.13. The van der Waals surface area contributed by atoms with E-state index in [0.29, 0.717) is 12.0 Å². The first-order chi connectivity index (χ1) is 7.99. The van der Waals surface area contributed by atoms with Gasteiger partial charge in [-0.25, -0.2) is 9.97 Å². The molecule has 17 heavy (non-hydrogen) atoms. The van der Waals surface area contributed by atoms with Crippen LogP contribution in [0.2, 0.25) is 0 Å². The smallest absolute Gasteiger partial charge is 0.129 e. The van der Waals surface area contributed by atoms with Gasteiger partial charge >= 0.3 is 0 Å². The van der Waals surface area contributed by atoms with Crippen LogP contribution < -0.4 is 5.32 Å². The van der Waals surface area contributed by atoms with Crippen molar-refractivity contribution in [3.63, 3.8) is 0 Å². The first-order valence-electron chi connectivity index (χ1n) is 6.22. The first kappa shape index (κ1) is 13.9. The van der Waals surface area contributed by atoms with Gasteiger partial charge in [0.05, 0.1) is 0 Å². The molecule has 0 aliphatic heterocycles. The molecule has 0 aromatic carbocycles. The van der Waals surface area contributed by atoms with Gasteiger partial charge in [-0.1, -0.05) is 13.8 Å². The van der Waals surface area contributed by atoms with Crippen molar-refractivity contribution in [2.45, 2.75) is 39.2 Å². The molecule has 1 atom stereocenters. The summed E-state index contributed by atoms with van der Waals surface area (Å²) in [5.41, 5.74) is 1.09. The summed E-state index contributed by atoms with van der Waals surface area (Å²) in [5.74, 6) is 1.37. The lowest BCUT2D eigenvalue weighted by atomic mass is 10.1. The molecular weight excluding hydrogens is 212 g/mol. The fraction of sp³-hybridized carbons (Fsp3) is 0.692. The summed E-state index contributed by atoms with van der Waals surface area (Å²) in [6.45, 7) is 7.54. The molecule has 1 heterocycles. The molecule has 0 radical (unpaired) electrons. The van der Waals surface area contributed by atoms with E-state index in [9.17, 15) is 0 Å². The topological polar surface area (TPSA) is 41.0 Å². The summed E-state index contributed by atoms with van der Waals surface area (Å²) in [5, 5.41) is 3.41. The third-order valence-corrected chi connectivity index (χ3v) is 2.68. The summed E-state index contributed by atoms with van der Waals surface area (Å²) < 4.78 is 0. The maximum Gasteiger partial charge on any atom is 0.129 e. The van der Waals surface area contributed by atoms with Crippen LogP contribution >= 0.6 is 0 Å². The Balaban J connectivity index is 2.53. The molecule has 0 spiro atoms. The Morgan fingerprint density at radius 1 is 1.24 bits per heavy atom. The molecule has 0 saturated carbocycles. The Kier molecular flexibility index (Phi) is 5.35. The van der Waals surface area contributed by atoms with E-state index >= 15 is 0 Å². The van der Waals surface area contributed by atoms with Crippen molar-refractivity contribution >= 4 is 5.82 Å². The van der Waals surface area contributed by atoms with E-state index in [1.807, 2.05) is 6.07 Å². The van der Waals surface area contributed by atoms with E-state index in [1.165, 1.54) is 0 Å². The van der Waals surface area contributed by atoms with Gasteiger partial charge in [0.2, 0.25) is 0 Å². The van der Waals surface area contributed by atoms with Gasteiger partial charge in [0.25, 0.3) is 0 Å². The molecule has 0 saturated heterocycles. The molecule has 1 unspecified atom stereocenters. The number of hydrogen-bond donors (Lipinski definition) is 1. The van der Waals surface area contributed by atoms with Crippen molar-refractivity contribution in [3.05, 3.63) is 18.1 Å². The summed E-state index contributed by atoms with van der Waals surface area (Å²) in [6.07, 6.45) is 2.74. The summed E-state index contributed by atoms with van der Waals surface area (Å²) in [4.78, 5) is 10.7. The second-order valence-corrected chi connectivity index (χ2v) is 5.12. The minimum Gasteiger partial charge on any atom is -0.367 e. The molecule has 4 heteroatoms. The largest absolute Gasteiger partial charge is 0.367 e. The fourth-order valence-corrected chi connectivity index (χ4v) is 1.54. The van der Waals surface area contributed by atoms with Crippen LogP contribution in [-0.4, -0.2) is 41.5 Å². The highest BCUT2D eigenvalue weighted by molar-refractivity contribution is 5.36. The van der Waals surface area contributed by atoms with E-state index in [-0.39, 0.29) is 0 Å². The standard InChI is InChI=1S/C13H24N4/c1-10(2)12-8-13(15-9-14-12)16-11(3)6-7-17(4)5/h8-11H,6-7H2,1-5H3,(H,14,15,16). The summed E-state index contributed by atoms with van der Waals surface area (Å²) >= 11 is 0. The van der Waals surface area contributed by atoms with Gasteiger partial charge in [-0.3, -0.25) is 0 Å². The van der Waals surface area contributed by atoms with E-state index in [4.69, 9.17) is 0 Å². The van der Waals surface area contributed by atoms with Crippen molar-refractivity contribution in [1.82, 2.24) is 14.9 Å². The number of nitrogens with zero attached hydrogens (tertiary/aromatic N) is 3. The van der Waals surface area contributed by atoms with Crippen molar-refractivity contribution < 1.29 is 0 Å². The maximum atomic E-state index is 4.26. The second kappa shape index (κ2) is 6.55. The summed E-state index contributed by atoms with van der Waals surface area (Å²) in [6, 6.07) is 2.46. The lowest BCUT2D eigenvalue weighted by molar-refractivity contribution is 0.390. The Hall–Kier alpha value is -1.16. The van der Waals surface area contributed by atoms with Gasteiger partial charge in [0.1, 0.15) is 12.1 Å². The lowest BCUT2D eigenvalue weighted by Gasteiger charge is -2.17. The van der Waals surface area contributed by atoms with Crippen LogP contribution in [0.4, 0.5) is 5.82 Å². The Morgan fingerprint density at radius 2 is 1.94 bits per heavy atom. The quantitative estimate of drug-likeness (QED) is 0.823. The molecular formula is C13H24N4. The van der Waals surface area contributed by atoms with Crippen molar-refractivity contribution in [3.8, 4) is 0 Å². The van der Waals surface area contributed by atoms with Crippen LogP contribution in [0.3, 0.4) is 0 Å². The Morgan fingerprint density at radius 3 is 2.53 bits per heavy atom. The van der Waals surface area contributed by atoms with Gasteiger partial charge in [-0.2, -0.15) is 0 Å². The van der Waals surface area contributed by atoms with Gasteiger partial charge in [-0.05, 0) is 39.9 Å². The summed E-state index contributed by atoms with van der Waals surface area (Å²) in [7, 11) is 4.18. The van der Waals surface area contributed by atoms with Gasteiger partial charge in [0, 0.05) is 17.8 Å². The number of rotatable bonds is 6. The zero-order chi connectivity index (χ0) is 12.8. The highest BCUT2D eigenvalue weighted by atomic mass is 15.1. The minimum atomic E-state index is 0.423. The van der Waals surface area contributed by atoms with E-state index < -0.39 is 0 Å².